The molecule has 2 heterocycles. The second-order valence-corrected chi connectivity index (χ2v) is 7.45. The number of aromatic nitrogens is 2. The van der Waals surface area contributed by atoms with Crippen LogP contribution in [0.15, 0.2) is 33.8 Å². The van der Waals surface area contributed by atoms with Crippen molar-refractivity contribution >= 4 is 21.6 Å². The molecule has 1 N–H and O–H groups in total. The number of morpholine rings is 1. The molecule has 0 radical (unpaired) electrons. The van der Waals surface area contributed by atoms with Crippen LogP contribution in [0.5, 0.6) is 0 Å². The maximum Gasteiger partial charge on any atom is 0.243 e. The van der Waals surface area contributed by atoms with Crippen molar-refractivity contribution < 1.29 is 22.6 Å². The first-order chi connectivity index (χ1) is 12.0. The zero-order valence-electron chi connectivity index (χ0n) is 13.6. The van der Waals surface area contributed by atoms with Crippen LogP contribution in [0.1, 0.15) is 16.1 Å². The fraction of sp³-hybridized carbons (Fsp3) is 0.400. The number of nitrogens with zero attached hydrogens (tertiary/aromatic N) is 3. The van der Waals surface area contributed by atoms with Crippen LogP contribution in [0.25, 0.3) is 0 Å². The first-order valence-electron chi connectivity index (χ1n) is 7.72. The highest BCUT2D eigenvalue weighted by Crippen LogP contribution is 2.18. The van der Waals surface area contributed by atoms with Gasteiger partial charge in [-0.2, -0.15) is 4.31 Å². The number of ketones is 1. The van der Waals surface area contributed by atoms with Crippen molar-refractivity contribution in [2.75, 3.05) is 38.2 Å². The number of hydrogen-bond donors (Lipinski definition) is 1. The summed E-state index contributed by atoms with van der Waals surface area (Å²) in [6.07, 6.45) is 0. The quantitative estimate of drug-likeness (QED) is 0.743. The molecule has 0 saturated carbocycles. The Morgan fingerprint density at radius 3 is 2.48 bits per heavy atom. The summed E-state index contributed by atoms with van der Waals surface area (Å²) < 4.78 is 36.2. The molecule has 3 rings (SSSR count). The van der Waals surface area contributed by atoms with Gasteiger partial charge in [-0.25, -0.2) is 13.0 Å². The van der Waals surface area contributed by atoms with E-state index in [1.165, 1.54) is 28.6 Å². The van der Waals surface area contributed by atoms with E-state index >= 15 is 0 Å². The van der Waals surface area contributed by atoms with Crippen molar-refractivity contribution in [3.63, 3.8) is 0 Å². The van der Waals surface area contributed by atoms with Crippen LogP contribution in [0.2, 0.25) is 0 Å². The predicted octanol–water partition coefficient (Wildman–Crippen LogP) is 0.694. The van der Waals surface area contributed by atoms with Crippen molar-refractivity contribution in [2.24, 2.45) is 0 Å². The van der Waals surface area contributed by atoms with Crippen molar-refractivity contribution in [2.45, 2.75) is 11.8 Å². The van der Waals surface area contributed by atoms with Gasteiger partial charge in [-0.15, -0.1) is 0 Å². The molecule has 0 atom stereocenters. The molecule has 1 saturated heterocycles. The van der Waals surface area contributed by atoms with Gasteiger partial charge < -0.3 is 10.1 Å². The van der Waals surface area contributed by atoms with Gasteiger partial charge in [-0.1, -0.05) is 5.16 Å². The van der Waals surface area contributed by atoms with Crippen LogP contribution in [0.3, 0.4) is 0 Å². The minimum absolute atomic E-state index is 0.00458. The van der Waals surface area contributed by atoms with Crippen LogP contribution >= 0.6 is 0 Å². The lowest BCUT2D eigenvalue weighted by atomic mass is 10.1. The average molecular weight is 366 g/mol. The Labute approximate surface area is 145 Å². The van der Waals surface area contributed by atoms with Gasteiger partial charge in [-0.3, -0.25) is 4.79 Å². The molecule has 1 aromatic heterocycles. The zero-order chi connectivity index (χ0) is 17.9. The van der Waals surface area contributed by atoms with E-state index < -0.39 is 10.0 Å². The number of sulfonamides is 1. The summed E-state index contributed by atoms with van der Waals surface area (Å²) in [5, 5.41) is 10.1. The Balaban J connectivity index is 1.67. The molecule has 0 unspecified atom stereocenters. The molecule has 1 aliphatic heterocycles. The molecule has 10 heteroatoms. The molecule has 2 aromatic rings. The van der Waals surface area contributed by atoms with Crippen LogP contribution in [-0.4, -0.2) is 61.7 Å². The average Bonchev–Trinajstić information content (AvgIpc) is 3.05. The lowest BCUT2D eigenvalue weighted by Gasteiger charge is -2.26. The number of ether oxygens (including phenoxy) is 1. The molecule has 1 aliphatic rings. The van der Waals surface area contributed by atoms with Gasteiger partial charge in [0.25, 0.3) is 0 Å². The number of benzene rings is 1. The van der Waals surface area contributed by atoms with Crippen molar-refractivity contribution in [1.29, 1.82) is 0 Å². The third kappa shape index (κ3) is 3.86. The number of rotatable bonds is 6. The Bertz CT molecular complexity index is 841. The fourth-order valence-electron chi connectivity index (χ4n) is 2.41. The zero-order valence-corrected chi connectivity index (χ0v) is 14.5. The largest absolute Gasteiger partial charge is 0.379 e. The molecule has 25 heavy (non-hydrogen) atoms. The van der Waals surface area contributed by atoms with Crippen molar-refractivity contribution in [1.82, 2.24) is 14.6 Å². The molecule has 0 aliphatic carbocycles. The number of anilines is 1. The summed E-state index contributed by atoms with van der Waals surface area (Å²) in [5.74, 6) is 0.206. The maximum absolute atomic E-state index is 12.5. The number of hydrogen-bond acceptors (Lipinski definition) is 8. The van der Waals surface area contributed by atoms with Crippen LogP contribution in [0, 0.1) is 6.92 Å². The summed E-state index contributed by atoms with van der Waals surface area (Å²) in [6.45, 7) is 3.14. The Hall–Kier alpha value is -2.30. The van der Waals surface area contributed by atoms with Gasteiger partial charge in [0.05, 0.1) is 24.7 Å². The van der Waals surface area contributed by atoms with Crippen molar-refractivity contribution in [3.05, 3.63) is 35.5 Å². The van der Waals surface area contributed by atoms with E-state index in [9.17, 15) is 13.2 Å². The third-order valence-corrected chi connectivity index (χ3v) is 5.77. The lowest BCUT2D eigenvalue weighted by molar-refractivity contribution is 0.0730. The molecule has 1 aromatic carbocycles. The van der Waals surface area contributed by atoms with Crippen LogP contribution in [0.4, 0.5) is 5.82 Å². The van der Waals surface area contributed by atoms with Crippen LogP contribution < -0.4 is 5.32 Å². The van der Waals surface area contributed by atoms with Gasteiger partial charge in [0.1, 0.15) is 5.69 Å². The van der Waals surface area contributed by atoms with Crippen molar-refractivity contribution in [3.8, 4) is 0 Å². The second-order valence-electron chi connectivity index (χ2n) is 5.52. The molecule has 9 nitrogen and oxygen atoms in total. The Kier molecular flexibility index (Phi) is 5.11. The van der Waals surface area contributed by atoms with E-state index in [2.05, 4.69) is 20.3 Å². The number of carbonyl (C=O) groups is 1. The summed E-state index contributed by atoms with van der Waals surface area (Å²) in [6, 6.07) is 5.90. The van der Waals surface area contributed by atoms with Gasteiger partial charge >= 0.3 is 0 Å². The molecule has 0 amide bonds. The van der Waals surface area contributed by atoms with Gasteiger partial charge in [0.15, 0.2) is 11.6 Å². The first kappa shape index (κ1) is 17.5. The van der Waals surface area contributed by atoms with E-state index in [1.807, 2.05) is 0 Å². The minimum atomic E-state index is -3.56. The second kappa shape index (κ2) is 7.30. The Morgan fingerprint density at radius 2 is 1.88 bits per heavy atom. The maximum atomic E-state index is 12.5. The van der Waals surface area contributed by atoms with Gasteiger partial charge in [0.2, 0.25) is 10.0 Å². The van der Waals surface area contributed by atoms with Crippen LogP contribution in [-0.2, 0) is 14.8 Å². The number of nitrogens with one attached hydrogen (secondary N) is 1. The third-order valence-electron chi connectivity index (χ3n) is 3.85. The number of carbonyl (C=O) groups excluding carboxylic acids is 1. The highest BCUT2D eigenvalue weighted by Gasteiger charge is 2.26. The molecule has 134 valence electrons. The van der Waals surface area contributed by atoms with Gasteiger partial charge in [-0.05, 0) is 36.3 Å². The monoisotopic (exact) mass is 366 g/mol. The SMILES string of the molecule is Cc1nonc1NCC(=O)c1ccc(S(=O)(=O)N2CCOCC2)cc1. The molecule has 1 fully saturated rings. The highest BCUT2D eigenvalue weighted by molar-refractivity contribution is 7.89. The van der Waals surface area contributed by atoms with E-state index in [1.54, 1.807) is 6.92 Å². The summed E-state index contributed by atoms with van der Waals surface area (Å²) in [7, 11) is -3.56. The number of aryl methyl sites for hydroxylation is 1. The van der Waals surface area contributed by atoms with E-state index in [-0.39, 0.29) is 17.2 Å². The molecule has 0 bridgehead atoms. The van der Waals surface area contributed by atoms with E-state index in [0.29, 0.717) is 43.4 Å². The van der Waals surface area contributed by atoms with E-state index in [0.717, 1.165) is 0 Å². The minimum Gasteiger partial charge on any atom is -0.379 e. The molecular weight excluding hydrogens is 348 g/mol. The summed E-state index contributed by atoms with van der Waals surface area (Å²) >= 11 is 0. The number of Topliss-reactive ketones (excluding diaryl/α,β-unsaturated/α-hetero) is 1. The fourth-order valence-corrected chi connectivity index (χ4v) is 3.81. The smallest absolute Gasteiger partial charge is 0.243 e. The normalized spacial score (nSPS) is 15.9. The standard InChI is InChI=1S/C15H18N4O5S/c1-11-15(18-24-17-11)16-10-14(20)12-2-4-13(5-3-12)25(21,22)19-6-8-23-9-7-19/h2-5H,6-10H2,1H3,(H,16,18). The molecular formula is C15H18N4O5S. The first-order valence-corrected chi connectivity index (χ1v) is 9.16. The summed E-state index contributed by atoms with van der Waals surface area (Å²) in [4.78, 5) is 12.4. The molecule has 0 spiro atoms. The summed E-state index contributed by atoms with van der Waals surface area (Å²) in [5.41, 5.74) is 0.960. The topological polar surface area (TPSA) is 115 Å². The Morgan fingerprint density at radius 1 is 1.20 bits per heavy atom. The highest BCUT2D eigenvalue weighted by atomic mass is 32.2. The van der Waals surface area contributed by atoms with E-state index in [4.69, 9.17) is 4.74 Å². The lowest BCUT2D eigenvalue weighted by Crippen LogP contribution is -2.40. The predicted molar refractivity (Wildman–Crippen MR) is 87.9 cm³/mol. The van der Waals surface area contributed by atoms with Gasteiger partial charge in [0, 0.05) is 18.7 Å².